The third kappa shape index (κ3) is 7.54. The molecule has 0 bridgehead atoms. The van der Waals surface area contributed by atoms with Gasteiger partial charge in [-0.1, -0.05) is 0 Å². The van der Waals surface area contributed by atoms with E-state index in [1.165, 1.54) is 0 Å². The minimum absolute atomic E-state index is 0.197. The molecule has 0 rings (SSSR count). The Hall–Kier alpha value is -1.10. The predicted molar refractivity (Wildman–Crippen MR) is 50.9 cm³/mol. The number of carbonyl (C=O) groups excluding carboxylic acids is 2. The fraction of sp³-hybridized carbons (Fsp3) is 0.778. The summed E-state index contributed by atoms with van der Waals surface area (Å²) in [7, 11) is 0. The lowest BCUT2D eigenvalue weighted by Crippen LogP contribution is -2.34. The summed E-state index contributed by atoms with van der Waals surface area (Å²) in [4.78, 5) is 21.0. The van der Waals surface area contributed by atoms with Gasteiger partial charge in [-0.15, -0.1) is 0 Å². The van der Waals surface area contributed by atoms with Gasteiger partial charge in [-0.25, -0.2) is 4.79 Å². The van der Waals surface area contributed by atoms with E-state index < -0.39 is 17.8 Å². The highest BCUT2D eigenvalue weighted by Gasteiger charge is 2.15. The molecule has 0 fully saturated rings. The van der Waals surface area contributed by atoms with Crippen molar-refractivity contribution in [3.8, 4) is 0 Å². The first kappa shape index (κ1) is 12.9. The minimum atomic E-state index is -1.02. The van der Waals surface area contributed by atoms with Gasteiger partial charge in [-0.2, -0.15) is 0 Å². The van der Waals surface area contributed by atoms with E-state index in [4.69, 9.17) is 9.84 Å². The molecule has 1 atom stereocenters. The zero-order valence-corrected chi connectivity index (χ0v) is 8.74. The number of nitrogens with one attached hydrogen (secondary N) is 1. The molecule has 0 heterocycles. The summed E-state index contributed by atoms with van der Waals surface area (Å²) in [6, 6.07) is 0. The number of aliphatic hydroxyl groups is 1. The molecule has 0 aliphatic rings. The molecule has 0 radical (unpaired) electrons. The SMILES string of the molecule is CC(C)(C)OC(=O)NCC[C@H](O)C=O. The van der Waals surface area contributed by atoms with Crippen LogP contribution in [0.4, 0.5) is 4.79 Å². The Bertz CT molecular complexity index is 197. The van der Waals surface area contributed by atoms with E-state index in [0.29, 0.717) is 6.29 Å². The van der Waals surface area contributed by atoms with Crippen LogP contribution in [0.25, 0.3) is 0 Å². The van der Waals surface area contributed by atoms with E-state index in [1.54, 1.807) is 20.8 Å². The van der Waals surface area contributed by atoms with Crippen LogP contribution in [-0.2, 0) is 9.53 Å². The van der Waals surface area contributed by atoms with E-state index in [0.717, 1.165) is 0 Å². The highest BCUT2D eigenvalue weighted by Crippen LogP contribution is 2.06. The van der Waals surface area contributed by atoms with Crippen LogP contribution in [0.5, 0.6) is 0 Å². The summed E-state index contributed by atoms with van der Waals surface area (Å²) in [5, 5.41) is 11.3. The Morgan fingerprint density at radius 2 is 2.14 bits per heavy atom. The van der Waals surface area contributed by atoms with Crippen LogP contribution in [0.15, 0.2) is 0 Å². The molecule has 82 valence electrons. The van der Waals surface area contributed by atoms with Gasteiger partial charge in [0.05, 0.1) is 0 Å². The summed E-state index contributed by atoms with van der Waals surface area (Å²) < 4.78 is 4.93. The molecule has 2 N–H and O–H groups in total. The molecular weight excluding hydrogens is 186 g/mol. The molecule has 0 unspecified atom stereocenters. The lowest BCUT2D eigenvalue weighted by Gasteiger charge is -2.19. The predicted octanol–water partition coefficient (Wildman–Crippen LogP) is 0.461. The van der Waals surface area contributed by atoms with Crippen LogP contribution in [-0.4, -0.2) is 35.7 Å². The van der Waals surface area contributed by atoms with Crippen molar-refractivity contribution < 1.29 is 19.4 Å². The molecule has 0 aromatic carbocycles. The molecule has 0 aliphatic heterocycles. The van der Waals surface area contributed by atoms with Gasteiger partial charge < -0.3 is 20.0 Å². The number of hydrogen-bond acceptors (Lipinski definition) is 4. The Morgan fingerprint density at radius 1 is 1.57 bits per heavy atom. The van der Waals surface area contributed by atoms with Crippen LogP contribution >= 0.6 is 0 Å². The van der Waals surface area contributed by atoms with E-state index in [9.17, 15) is 9.59 Å². The highest BCUT2D eigenvalue weighted by molar-refractivity contribution is 5.67. The Balaban J connectivity index is 3.60. The zero-order chi connectivity index (χ0) is 11.2. The Kier molecular flexibility index (Phi) is 5.15. The molecule has 5 heteroatoms. The van der Waals surface area contributed by atoms with Crippen molar-refractivity contribution in [1.29, 1.82) is 0 Å². The zero-order valence-electron chi connectivity index (χ0n) is 8.74. The maximum atomic E-state index is 11.0. The smallest absolute Gasteiger partial charge is 0.407 e. The molecular formula is C9H17NO4. The largest absolute Gasteiger partial charge is 0.444 e. The van der Waals surface area contributed by atoms with Crippen LogP contribution in [0.3, 0.4) is 0 Å². The summed E-state index contributed by atoms with van der Waals surface area (Å²) in [5.74, 6) is 0. The van der Waals surface area contributed by atoms with Gasteiger partial charge in [0.25, 0.3) is 0 Å². The number of carbonyl (C=O) groups is 2. The van der Waals surface area contributed by atoms with Crippen LogP contribution in [0.2, 0.25) is 0 Å². The molecule has 14 heavy (non-hydrogen) atoms. The number of aliphatic hydroxyl groups excluding tert-OH is 1. The number of amides is 1. The number of alkyl carbamates (subject to hydrolysis) is 1. The fourth-order valence-corrected chi connectivity index (χ4v) is 0.704. The van der Waals surface area contributed by atoms with Gasteiger partial charge in [0, 0.05) is 6.54 Å². The van der Waals surface area contributed by atoms with Crippen LogP contribution in [0.1, 0.15) is 27.2 Å². The van der Waals surface area contributed by atoms with Crippen LogP contribution in [0, 0.1) is 0 Å². The second-order valence-corrected chi connectivity index (χ2v) is 3.92. The quantitative estimate of drug-likeness (QED) is 0.651. The second kappa shape index (κ2) is 5.59. The molecule has 0 saturated carbocycles. The summed E-state index contributed by atoms with van der Waals surface area (Å²) in [5.41, 5.74) is -0.534. The Morgan fingerprint density at radius 3 is 2.57 bits per heavy atom. The van der Waals surface area contributed by atoms with Gasteiger partial charge in [-0.3, -0.25) is 0 Å². The van der Waals surface area contributed by atoms with E-state index in [-0.39, 0.29) is 13.0 Å². The second-order valence-electron chi connectivity index (χ2n) is 3.92. The van der Waals surface area contributed by atoms with Crippen molar-refractivity contribution in [1.82, 2.24) is 5.32 Å². The third-order valence-corrected chi connectivity index (χ3v) is 1.27. The molecule has 0 aliphatic carbocycles. The molecule has 0 aromatic rings. The molecule has 1 amide bonds. The van der Waals surface area contributed by atoms with Gasteiger partial charge in [0.15, 0.2) is 0 Å². The maximum Gasteiger partial charge on any atom is 0.407 e. The summed E-state index contributed by atoms with van der Waals surface area (Å²) >= 11 is 0. The van der Waals surface area contributed by atoms with Crippen molar-refractivity contribution in [3.05, 3.63) is 0 Å². The molecule has 0 aromatic heterocycles. The van der Waals surface area contributed by atoms with Gasteiger partial charge >= 0.3 is 6.09 Å². The van der Waals surface area contributed by atoms with Crippen molar-refractivity contribution in [2.75, 3.05) is 6.54 Å². The first-order valence-corrected chi connectivity index (χ1v) is 4.45. The van der Waals surface area contributed by atoms with Crippen molar-refractivity contribution >= 4 is 12.4 Å². The van der Waals surface area contributed by atoms with Crippen molar-refractivity contribution in [3.63, 3.8) is 0 Å². The first-order chi connectivity index (χ1) is 6.35. The van der Waals surface area contributed by atoms with Gasteiger partial charge in [0.2, 0.25) is 0 Å². The summed E-state index contributed by atoms with van der Waals surface area (Å²) in [6.07, 6.45) is -0.944. The van der Waals surface area contributed by atoms with Crippen molar-refractivity contribution in [2.24, 2.45) is 0 Å². The van der Waals surface area contributed by atoms with Gasteiger partial charge in [0.1, 0.15) is 18.0 Å². The first-order valence-electron chi connectivity index (χ1n) is 4.45. The standard InChI is InChI=1S/C9H17NO4/c1-9(2,3)14-8(13)10-5-4-7(12)6-11/h6-7,12H,4-5H2,1-3H3,(H,10,13)/t7-/m0/s1. The maximum absolute atomic E-state index is 11.0. The summed E-state index contributed by atoms with van der Waals surface area (Å²) in [6.45, 7) is 5.49. The van der Waals surface area contributed by atoms with Crippen LogP contribution < -0.4 is 5.32 Å². The van der Waals surface area contributed by atoms with Gasteiger partial charge in [-0.05, 0) is 27.2 Å². The highest BCUT2D eigenvalue weighted by atomic mass is 16.6. The minimum Gasteiger partial charge on any atom is -0.444 e. The molecule has 0 spiro atoms. The Labute approximate surface area is 83.4 Å². The normalized spacial score (nSPS) is 13.1. The molecule has 5 nitrogen and oxygen atoms in total. The average Bonchev–Trinajstić information content (AvgIpc) is 2.00. The number of aldehydes is 1. The lowest BCUT2D eigenvalue weighted by molar-refractivity contribution is -0.115. The van der Waals surface area contributed by atoms with Crippen molar-refractivity contribution in [2.45, 2.75) is 38.9 Å². The topological polar surface area (TPSA) is 75.6 Å². The van der Waals surface area contributed by atoms with E-state index in [1.807, 2.05) is 0 Å². The number of rotatable bonds is 4. The monoisotopic (exact) mass is 203 g/mol. The van der Waals surface area contributed by atoms with E-state index >= 15 is 0 Å². The average molecular weight is 203 g/mol. The number of ether oxygens (including phenoxy) is 1. The number of hydrogen-bond donors (Lipinski definition) is 2. The fourth-order valence-electron chi connectivity index (χ4n) is 0.704. The van der Waals surface area contributed by atoms with E-state index in [2.05, 4.69) is 5.32 Å². The lowest BCUT2D eigenvalue weighted by atomic mass is 10.2. The third-order valence-electron chi connectivity index (χ3n) is 1.27. The molecule has 0 saturated heterocycles.